The van der Waals surface area contributed by atoms with E-state index >= 15 is 0 Å². The fraction of sp³-hybridized carbons (Fsp3) is 0.0500. The van der Waals surface area contributed by atoms with Crippen molar-refractivity contribution in [1.82, 2.24) is 64.9 Å². The Balaban J connectivity index is 0.000000175. The smallest absolute Gasteiger partial charge is 0.325 e. The number of carbonyl (C=O) groups excluding carboxylic acids is 4. The van der Waals surface area contributed by atoms with E-state index < -0.39 is 17.8 Å². The van der Waals surface area contributed by atoms with Crippen LogP contribution in [0.1, 0.15) is 47.9 Å². The van der Waals surface area contributed by atoms with E-state index in [1.54, 1.807) is 80.8 Å². The summed E-state index contributed by atoms with van der Waals surface area (Å²) in [7, 11) is 0. The molecule has 0 spiro atoms. The van der Waals surface area contributed by atoms with Gasteiger partial charge in [0.2, 0.25) is 0 Å². The molecule has 12 aromatic heterocycles. The van der Waals surface area contributed by atoms with Crippen LogP contribution in [-0.4, -0.2) is 96.9 Å². The molecule has 18 nitrogen and oxygen atoms in total. The summed E-state index contributed by atoms with van der Waals surface area (Å²) in [5, 5.41) is 0.539. The van der Waals surface area contributed by atoms with Gasteiger partial charge >= 0.3 is 5.97 Å². The summed E-state index contributed by atoms with van der Waals surface area (Å²) in [6.45, 7) is 1.57. The third kappa shape index (κ3) is 19.8. The van der Waals surface area contributed by atoms with E-state index in [2.05, 4.69) is 49.8 Å². The number of hydrogen-bond acceptors (Lipinski definition) is 17. The van der Waals surface area contributed by atoms with Gasteiger partial charge in [-0.3, -0.25) is 54.3 Å². The Morgan fingerprint density at radius 1 is 0.297 bits per heavy atom. The standard InChI is InChI=1S/C26H18N4O4.C23H17N3O.2C15H11N3.CH4.B.2Ru/c31-24-11-12-25(32)30(24)34-26(33)18-9-7-17(8-10-18)19-15-22(20-5-1-3-13-27-20)29-23(16-19)21-6-2-4-14-28-21;1-16(27)17-8-10-18(11-9-17)19-14-22(20-6-2-4-12-24-20)26-23(15-19)21-7-3-5-13-25-21;2*1-3-10-16-12(6-1)14-8-5-9-15(18-14)13-7-2-4-11-17-13;;;;/h1-10,13-16H,11-12H2;2-15H,1H3;2*1-11H;1H4;;;. The van der Waals surface area contributed by atoms with Crippen LogP contribution in [0.2, 0.25) is 0 Å². The largest absolute Gasteiger partial charge is 0.363 e. The number of ketones is 1. The van der Waals surface area contributed by atoms with E-state index in [9.17, 15) is 19.2 Å². The molecule has 0 bridgehead atoms. The molecule has 3 radical (unpaired) electrons. The third-order valence-electron chi connectivity index (χ3n) is 14.8. The number of nitrogens with zero attached hydrogens (tertiary/aromatic N) is 13. The molecule has 0 saturated carbocycles. The maximum atomic E-state index is 12.4. The maximum absolute atomic E-state index is 12.4. The van der Waals surface area contributed by atoms with Gasteiger partial charge in [0.1, 0.15) is 0 Å². The van der Waals surface area contributed by atoms with Gasteiger partial charge < -0.3 is 4.84 Å². The zero-order valence-electron chi connectivity index (χ0n) is 53.4. The van der Waals surface area contributed by atoms with Crippen LogP contribution in [0.15, 0.2) is 304 Å². The molecule has 15 rings (SSSR count). The molecule has 101 heavy (non-hydrogen) atoms. The first-order valence-corrected chi connectivity index (χ1v) is 30.8. The molecule has 1 fully saturated rings. The van der Waals surface area contributed by atoms with Crippen molar-refractivity contribution in [3.05, 3.63) is 315 Å². The number of amides is 2. The SMILES string of the molecule is C.CC(=O)c1ccc(-c2cc(-c3ccccn3)nc(-c3ccccn3)c2)cc1.O=C(ON1C(=O)CCC1=O)c1ccc(-c2cc(-c3ccccn3)nc(-c3ccccn3)c2)cc1.[B].[Ru].[Ru].c1ccc(-c2cccc(-c3ccccn3)n2)nc1.c1ccc(-c2cccc(-c3ccccn3)n2)nc1. The van der Waals surface area contributed by atoms with Gasteiger partial charge in [-0.05, 0) is 187 Å². The fourth-order valence-corrected chi connectivity index (χ4v) is 9.96. The monoisotopic (exact) mass is 1500 g/mol. The van der Waals surface area contributed by atoms with Crippen molar-refractivity contribution in [2.45, 2.75) is 27.2 Å². The summed E-state index contributed by atoms with van der Waals surface area (Å²) in [5.41, 5.74) is 17.5. The topological polar surface area (TPSA) is 235 Å². The van der Waals surface area contributed by atoms with Crippen LogP contribution in [0, 0.1) is 0 Å². The first-order chi connectivity index (χ1) is 47.6. The number of Topliss-reactive ketones (excluding diaryl/α,β-unsaturated/α-hetero) is 1. The first-order valence-electron chi connectivity index (χ1n) is 30.8. The van der Waals surface area contributed by atoms with E-state index in [-0.39, 0.29) is 79.0 Å². The van der Waals surface area contributed by atoms with Crippen molar-refractivity contribution < 1.29 is 63.0 Å². The van der Waals surface area contributed by atoms with Crippen LogP contribution in [0.3, 0.4) is 0 Å². The molecule has 1 aliphatic rings. The molecule has 2 amide bonds. The molecule has 21 heteroatoms. The van der Waals surface area contributed by atoms with Gasteiger partial charge in [-0.2, -0.15) is 0 Å². The normalized spacial score (nSPS) is 10.9. The summed E-state index contributed by atoms with van der Waals surface area (Å²) < 4.78 is 0. The Morgan fingerprint density at radius 2 is 0.525 bits per heavy atom. The van der Waals surface area contributed by atoms with Gasteiger partial charge in [0.25, 0.3) is 11.8 Å². The molecule has 1 aliphatic heterocycles. The number of benzene rings is 2. The second-order valence-electron chi connectivity index (χ2n) is 21.5. The number of pyridine rings is 12. The molecule has 14 aromatic rings. The van der Waals surface area contributed by atoms with Crippen LogP contribution < -0.4 is 0 Å². The number of aromatic nitrogens is 12. The molecule has 0 atom stereocenters. The molecular weight excluding hydrogens is 1440 g/mol. The van der Waals surface area contributed by atoms with Crippen molar-refractivity contribution in [2.24, 2.45) is 0 Å². The second kappa shape index (κ2) is 37.0. The minimum Gasteiger partial charge on any atom is -0.325 e. The summed E-state index contributed by atoms with van der Waals surface area (Å²) in [6, 6.07) is 79.9. The van der Waals surface area contributed by atoms with E-state index in [0.717, 1.165) is 102 Å². The van der Waals surface area contributed by atoms with E-state index in [0.29, 0.717) is 22.0 Å². The van der Waals surface area contributed by atoms with Gasteiger partial charge in [-0.25, -0.2) is 24.7 Å². The second-order valence-corrected chi connectivity index (χ2v) is 21.5. The Hall–Kier alpha value is -12.2. The van der Waals surface area contributed by atoms with Gasteiger partial charge in [-0.15, -0.1) is 5.06 Å². The molecule has 0 N–H and O–H groups in total. The van der Waals surface area contributed by atoms with Crippen LogP contribution >= 0.6 is 0 Å². The van der Waals surface area contributed by atoms with Gasteiger partial charge in [0.15, 0.2) is 5.78 Å². The van der Waals surface area contributed by atoms with Crippen molar-refractivity contribution in [1.29, 1.82) is 0 Å². The average Bonchev–Trinajstić information content (AvgIpc) is 1.35. The van der Waals surface area contributed by atoms with Crippen molar-refractivity contribution >= 4 is 32.0 Å². The number of hydrogen-bond donors (Lipinski definition) is 0. The van der Waals surface area contributed by atoms with E-state index in [1.807, 2.05) is 231 Å². The number of carbonyl (C=O) groups is 4. The zero-order chi connectivity index (χ0) is 66.6. The molecule has 13 heterocycles. The predicted octanol–water partition coefficient (Wildman–Crippen LogP) is 15.8. The van der Waals surface area contributed by atoms with Crippen LogP contribution in [0.25, 0.3) is 113 Å². The van der Waals surface area contributed by atoms with Crippen LogP contribution in [-0.2, 0) is 53.4 Å². The average molecular weight is 1500 g/mol. The Labute approximate surface area is 611 Å². The molecular formula is C80H61BN13O5Ru2. The Morgan fingerprint density at radius 3 is 0.762 bits per heavy atom. The van der Waals surface area contributed by atoms with Gasteiger partial charge in [-0.1, -0.05) is 104 Å². The van der Waals surface area contributed by atoms with Crippen molar-refractivity contribution in [3.8, 4) is 113 Å². The number of hydroxylamine groups is 2. The molecule has 2 aromatic carbocycles. The van der Waals surface area contributed by atoms with Crippen molar-refractivity contribution in [3.63, 3.8) is 0 Å². The molecule has 1 saturated heterocycles. The van der Waals surface area contributed by atoms with Gasteiger partial charge in [0, 0.05) is 115 Å². The summed E-state index contributed by atoms with van der Waals surface area (Å²) in [5.74, 6) is -1.75. The van der Waals surface area contributed by atoms with E-state index in [1.165, 1.54) is 0 Å². The molecule has 0 unspecified atom stereocenters. The number of imide groups is 1. The third-order valence-corrected chi connectivity index (χ3v) is 14.8. The maximum Gasteiger partial charge on any atom is 0.363 e. The quantitative estimate of drug-likeness (QED) is 0.0592. The minimum atomic E-state index is -0.770. The predicted molar refractivity (Wildman–Crippen MR) is 383 cm³/mol. The Kier molecular flexibility index (Phi) is 27.3. The van der Waals surface area contributed by atoms with E-state index in [4.69, 9.17) is 14.8 Å². The van der Waals surface area contributed by atoms with Crippen LogP contribution in [0.4, 0.5) is 0 Å². The first kappa shape index (κ1) is 74.6. The summed E-state index contributed by atoms with van der Waals surface area (Å²) in [4.78, 5) is 106. The van der Waals surface area contributed by atoms with Crippen molar-refractivity contribution in [2.75, 3.05) is 0 Å². The summed E-state index contributed by atoms with van der Waals surface area (Å²) >= 11 is 0. The zero-order valence-corrected chi connectivity index (χ0v) is 56.9. The molecule has 495 valence electrons. The Bertz CT molecular complexity index is 4620. The number of rotatable bonds is 13. The fourth-order valence-electron chi connectivity index (χ4n) is 9.96. The van der Waals surface area contributed by atoms with Gasteiger partial charge in [0.05, 0.1) is 96.7 Å². The summed E-state index contributed by atoms with van der Waals surface area (Å²) in [6.07, 6.45) is 14.1. The minimum absolute atomic E-state index is 0. The molecule has 0 aliphatic carbocycles. The van der Waals surface area contributed by atoms with Crippen LogP contribution in [0.5, 0.6) is 0 Å².